The number of nitrogens with zero attached hydrogens (tertiary/aromatic N) is 1. The molecule has 26 heavy (non-hydrogen) atoms. The van der Waals surface area contributed by atoms with Crippen molar-refractivity contribution in [1.29, 1.82) is 5.26 Å². The smallest absolute Gasteiger partial charge is 0.339 e. The molecule has 0 saturated carbocycles. The summed E-state index contributed by atoms with van der Waals surface area (Å²) < 4.78 is 10.4. The molecule has 0 bridgehead atoms. The number of anilines is 1. The zero-order valence-electron chi connectivity index (χ0n) is 13.8. The zero-order chi connectivity index (χ0) is 18.5. The van der Waals surface area contributed by atoms with Gasteiger partial charge in [-0.15, -0.1) is 11.3 Å². The summed E-state index contributed by atoms with van der Waals surface area (Å²) in [5.41, 5.74) is 0.721. The van der Waals surface area contributed by atoms with Crippen molar-refractivity contribution in [2.45, 2.75) is 0 Å². The minimum Gasteiger partial charge on any atom is -0.496 e. The number of thiophene rings is 1. The number of benzene rings is 2. The monoisotopic (exact) mass is 366 g/mol. The van der Waals surface area contributed by atoms with Crippen molar-refractivity contribution in [2.24, 2.45) is 0 Å². The SMILES string of the molecule is COc1ccc(C(=O)OCC(=O)Nc2sccc2C#N)c2ccccc12. The Morgan fingerprint density at radius 3 is 2.65 bits per heavy atom. The Morgan fingerprint density at radius 2 is 1.92 bits per heavy atom. The molecule has 0 saturated heterocycles. The van der Waals surface area contributed by atoms with E-state index in [4.69, 9.17) is 14.7 Å². The van der Waals surface area contributed by atoms with E-state index in [9.17, 15) is 9.59 Å². The summed E-state index contributed by atoms with van der Waals surface area (Å²) in [7, 11) is 1.56. The Balaban J connectivity index is 1.72. The van der Waals surface area contributed by atoms with Crippen LogP contribution in [0.3, 0.4) is 0 Å². The highest BCUT2D eigenvalue weighted by Gasteiger charge is 2.16. The minimum absolute atomic E-state index is 0.350. The van der Waals surface area contributed by atoms with E-state index in [-0.39, 0.29) is 0 Å². The average molecular weight is 366 g/mol. The molecule has 6 nitrogen and oxygen atoms in total. The highest BCUT2D eigenvalue weighted by atomic mass is 32.1. The van der Waals surface area contributed by atoms with Gasteiger partial charge in [-0.1, -0.05) is 24.3 Å². The van der Waals surface area contributed by atoms with Gasteiger partial charge in [0.05, 0.1) is 18.2 Å². The van der Waals surface area contributed by atoms with E-state index in [0.29, 0.717) is 27.3 Å². The lowest BCUT2D eigenvalue weighted by molar-refractivity contribution is -0.119. The molecule has 1 aromatic heterocycles. The molecule has 130 valence electrons. The maximum Gasteiger partial charge on any atom is 0.339 e. The summed E-state index contributed by atoms with van der Waals surface area (Å²) in [5.74, 6) is -0.461. The number of methoxy groups -OCH3 is 1. The molecule has 0 spiro atoms. The molecule has 0 unspecified atom stereocenters. The minimum atomic E-state index is -0.606. The normalized spacial score (nSPS) is 10.2. The molecule has 1 heterocycles. The molecular formula is C19H14N2O4S. The van der Waals surface area contributed by atoms with Crippen molar-refractivity contribution in [3.63, 3.8) is 0 Å². The van der Waals surface area contributed by atoms with Crippen LogP contribution in [0.5, 0.6) is 5.75 Å². The van der Waals surface area contributed by atoms with Gasteiger partial charge in [-0.2, -0.15) is 5.26 Å². The van der Waals surface area contributed by atoms with Gasteiger partial charge in [0.1, 0.15) is 16.8 Å². The summed E-state index contributed by atoms with van der Waals surface area (Å²) in [4.78, 5) is 24.4. The number of nitriles is 1. The van der Waals surface area contributed by atoms with E-state index in [1.54, 1.807) is 36.8 Å². The van der Waals surface area contributed by atoms with E-state index >= 15 is 0 Å². The molecule has 0 aliphatic rings. The van der Waals surface area contributed by atoms with Gasteiger partial charge in [-0.25, -0.2) is 4.79 Å². The largest absolute Gasteiger partial charge is 0.496 e. The predicted molar refractivity (Wildman–Crippen MR) is 98.4 cm³/mol. The van der Waals surface area contributed by atoms with Gasteiger partial charge in [0, 0.05) is 5.39 Å². The average Bonchev–Trinajstić information content (AvgIpc) is 3.12. The van der Waals surface area contributed by atoms with Gasteiger partial charge in [0.25, 0.3) is 5.91 Å². The van der Waals surface area contributed by atoms with Crippen LogP contribution < -0.4 is 10.1 Å². The third-order valence-corrected chi connectivity index (χ3v) is 4.53. The maximum atomic E-state index is 12.4. The molecule has 7 heteroatoms. The molecule has 0 atom stereocenters. The topological polar surface area (TPSA) is 88.4 Å². The third-order valence-electron chi connectivity index (χ3n) is 3.70. The molecular weight excluding hydrogens is 352 g/mol. The second kappa shape index (κ2) is 7.68. The number of hydrogen-bond donors (Lipinski definition) is 1. The number of fused-ring (bicyclic) bond motifs is 1. The van der Waals surface area contributed by atoms with Gasteiger partial charge in [0.2, 0.25) is 0 Å². The van der Waals surface area contributed by atoms with Gasteiger partial charge in [-0.05, 0) is 29.0 Å². The Kier molecular flexibility index (Phi) is 5.15. The van der Waals surface area contributed by atoms with Gasteiger partial charge >= 0.3 is 5.97 Å². The van der Waals surface area contributed by atoms with E-state index in [1.807, 2.05) is 24.3 Å². The number of carbonyl (C=O) groups is 2. The number of esters is 1. The van der Waals surface area contributed by atoms with Crippen LogP contribution in [0.25, 0.3) is 10.8 Å². The number of nitrogens with one attached hydrogen (secondary N) is 1. The summed E-state index contributed by atoms with van der Waals surface area (Å²) in [5, 5.41) is 15.1. The Morgan fingerprint density at radius 1 is 1.15 bits per heavy atom. The highest BCUT2D eigenvalue weighted by Crippen LogP contribution is 2.28. The number of ether oxygens (including phenoxy) is 2. The second-order valence-corrected chi connectivity index (χ2v) is 6.18. The molecule has 0 fully saturated rings. The first kappa shape index (κ1) is 17.5. The molecule has 2 aromatic carbocycles. The summed E-state index contributed by atoms with van der Waals surface area (Å²) in [6, 6.07) is 14.2. The number of amides is 1. The first-order valence-corrected chi connectivity index (χ1v) is 8.52. The summed E-state index contributed by atoms with van der Waals surface area (Å²) in [6.07, 6.45) is 0. The quantitative estimate of drug-likeness (QED) is 0.697. The molecule has 1 N–H and O–H groups in total. The molecule has 3 rings (SSSR count). The number of hydrogen-bond acceptors (Lipinski definition) is 6. The number of rotatable bonds is 5. The van der Waals surface area contributed by atoms with Crippen molar-refractivity contribution in [3.05, 3.63) is 59.0 Å². The van der Waals surface area contributed by atoms with Crippen LogP contribution >= 0.6 is 11.3 Å². The second-order valence-electron chi connectivity index (χ2n) is 5.26. The Bertz CT molecular complexity index is 1020. The number of carbonyl (C=O) groups excluding carboxylic acids is 2. The van der Waals surface area contributed by atoms with Gasteiger partial charge in [0.15, 0.2) is 6.61 Å². The highest BCUT2D eigenvalue weighted by molar-refractivity contribution is 7.14. The van der Waals surface area contributed by atoms with E-state index in [2.05, 4.69) is 5.32 Å². The van der Waals surface area contributed by atoms with Gasteiger partial charge in [-0.3, -0.25) is 4.79 Å². The van der Waals surface area contributed by atoms with Crippen LogP contribution in [0.15, 0.2) is 47.8 Å². The first-order chi connectivity index (χ1) is 12.6. The van der Waals surface area contributed by atoms with Crippen LogP contribution in [0, 0.1) is 11.3 Å². The predicted octanol–water partition coefficient (Wildman–Crippen LogP) is 3.58. The van der Waals surface area contributed by atoms with Crippen molar-refractivity contribution in [2.75, 3.05) is 19.0 Å². The standard InChI is InChI=1S/C19H14N2O4S/c1-24-16-7-6-15(13-4-2-3-5-14(13)16)19(23)25-11-17(22)21-18-12(10-20)8-9-26-18/h2-9H,11H2,1H3,(H,21,22). The van der Waals surface area contributed by atoms with E-state index in [1.165, 1.54) is 11.3 Å². The maximum absolute atomic E-state index is 12.4. The van der Waals surface area contributed by atoms with Crippen molar-refractivity contribution >= 4 is 39.0 Å². The van der Waals surface area contributed by atoms with Crippen molar-refractivity contribution in [3.8, 4) is 11.8 Å². The summed E-state index contributed by atoms with van der Waals surface area (Å²) >= 11 is 1.23. The van der Waals surface area contributed by atoms with Crippen molar-refractivity contribution < 1.29 is 19.1 Å². The van der Waals surface area contributed by atoms with Crippen LogP contribution in [0.2, 0.25) is 0 Å². The third kappa shape index (κ3) is 3.50. The lowest BCUT2D eigenvalue weighted by atomic mass is 10.0. The lowest BCUT2D eigenvalue weighted by Crippen LogP contribution is -2.21. The molecule has 0 radical (unpaired) electrons. The Hall–Kier alpha value is -3.37. The molecule has 3 aromatic rings. The van der Waals surface area contributed by atoms with Gasteiger partial charge < -0.3 is 14.8 Å². The fraction of sp³-hybridized carbons (Fsp3) is 0.105. The molecule has 0 aliphatic carbocycles. The fourth-order valence-electron chi connectivity index (χ4n) is 2.49. The van der Waals surface area contributed by atoms with Crippen molar-refractivity contribution in [1.82, 2.24) is 0 Å². The summed E-state index contributed by atoms with van der Waals surface area (Å²) in [6.45, 7) is -0.443. The van der Waals surface area contributed by atoms with Crippen LogP contribution in [-0.2, 0) is 9.53 Å². The fourth-order valence-corrected chi connectivity index (χ4v) is 3.25. The van der Waals surface area contributed by atoms with Crippen LogP contribution in [0.4, 0.5) is 5.00 Å². The van der Waals surface area contributed by atoms with Crippen LogP contribution in [-0.4, -0.2) is 25.6 Å². The van der Waals surface area contributed by atoms with Crippen LogP contribution in [0.1, 0.15) is 15.9 Å². The van der Waals surface area contributed by atoms with E-state index < -0.39 is 18.5 Å². The zero-order valence-corrected chi connectivity index (χ0v) is 14.6. The first-order valence-electron chi connectivity index (χ1n) is 7.64. The molecule has 1 amide bonds. The Labute approximate surface area is 153 Å². The lowest BCUT2D eigenvalue weighted by Gasteiger charge is -2.10. The van der Waals surface area contributed by atoms with E-state index in [0.717, 1.165) is 5.39 Å². The molecule has 0 aliphatic heterocycles.